The van der Waals surface area contributed by atoms with E-state index in [4.69, 9.17) is 0 Å². The van der Waals surface area contributed by atoms with Gasteiger partial charge in [-0.15, -0.1) is 0 Å². The van der Waals surface area contributed by atoms with Crippen LogP contribution in [-0.2, 0) is 11.3 Å². The van der Waals surface area contributed by atoms with Gasteiger partial charge in [0, 0.05) is 12.2 Å². The van der Waals surface area contributed by atoms with Gasteiger partial charge in [-0.3, -0.25) is 9.48 Å². The molecule has 0 spiro atoms. The Balaban J connectivity index is 1.86. The number of hydrogen-bond donors (Lipinski definition) is 1. The molecule has 1 heterocycles. The van der Waals surface area contributed by atoms with Crippen molar-refractivity contribution in [3.63, 3.8) is 0 Å². The Bertz CT molecular complexity index is 466. The Kier molecular flexibility index (Phi) is 4.66. The van der Waals surface area contributed by atoms with Crippen molar-refractivity contribution in [3.8, 4) is 0 Å². The molecule has 0 aromatic carbocycles. The molecule has 19 heavy (non-hydrogen) atoms. The Morgan fingerprint density at radius 2 is 2.21 bits per heavy atom. The molecule has 106 valence electrons. The number of aromatic nitrogens is 2. The van der Waals surface area contributed by atoms with Crippen molar-refractivity contribution in [2.75, 3.05) is 6.54 Å². The lowest BCUT2D eigenvalue weighted by atomic mass is 9.85. The van der Waals surface area contributed by atoms with Crippen molar-refractivity contribution >= 4 is 21.8 Å². The van der Waals surface area contributed by atoms with Crippen LogP contribution >= 0.6 is 15.9 Å². The standard InChI is InChI=1S/C14H22BrN3O/c1-9(14(19)16-7-12-5-4-6-12)8-18-11(3)13(15)10(2)17-18/h9,12H,4-8H2,1-3H3,(H,16,19)/t9-/m1/s1. The molecule has 0 saturated heterocycles. The van der Waals surface area contributed by atoms with Gasteiger partial charge in [0.25, 0.3) is 0 Å². The summed E-state index contributed by atoms with van der Waals surface area (Å²) < 4.78 is 2.95. The molecular formula is C14H22BrN3O. The highest BCUT2D eigenvalue weighted by Gasteiger charge is 2.21. The molecule has 0 bridgehead atoms. The predicted molar refractivity (Wildman–Crippen MR) is 78.9 cm³/mol. The van der Waals surface area contributed by atoms with Crippen LogP contribution in [0.2, 0.25) is 0 Å². The molecule has 1 aromatic heterocycles. The molecular weight excluding hydrogens is 306 g/mol. The average molecular weight is 328 g/mol. The van der Waals surface area contributed by atoms with Crippen LogP contribution in [0.3, 0.4) is 0 Å². The van der Waals surface area contributed by atoms with E-state index < -0.39 is 0 Å². The highest BCUT2D eigenvalue weighted by atomic mass is 79.9. The second-order valence-corrected chi connectivity index (χ2v) is 6.40. The number of carbonyl (C=O) groups excluding carboxylic acids is 1. The third kappa shape index (κ3) is 3.38. The van der Waals surface area contributed by atoms with Gasteiger partial charge in [-0.05, 0) is 48.5 Å². The molecule has 1 amide bonds. The Morgan fingerprint density at radius 3 is 2.68 bits per heavy atom. The zero-order valence-electron chi connectivity index (χ0n) is 11.9. The smallest absolute Gasteiger partial charge is 0.224 e. The molecule has 1 fully saturated rings. The van der Waals surface area contributed by atoms with Gasteiger partial charge in [0.15, 0.2) is 0 Å². The van der Waals surface area contributed by atoms with Crippen LogP contribution in [0, 0.1) is 25.7 Å². The van der Waals surface area contributed by atoms with Crippen LogP contribution in [0.1, 0.15) is 37.6 Å². The molecule has 1 aromatic rings. The zero-order chi connectivity index (χ0) is 14.0. The highest BCUT2D eigenvalue weighted by molar-refractivity contribution is 9.10. The zero-order valence-corrected chi connectivity index (χ0v) is 13.5. The number of nitrogens with zero attached hydrogens (tertiary/aromatic N) is 2. The first kappa shape index (κ1) is 14.6. The minimum absolute atomic E-state index is 0.0509. The van der Waals surface area contributed by atoms with Crippen molar-refractivity contribution in [2.24, 2.45) is 11.8 Å². The molecule has 0 aliphatic heterocycles. The second-order valence-electron chi connectivity index (χ2n) is 5.61. The van der Waals surface area contributed by atoms with Crippen molar-refractivity contribution in [3.05, 3.63) is 15.9 Å². The van der Waals surface area contributed by atoms with Crippen molar-refractivity contribution in [1.29, 1.82) is 0 Å². The van der Waals surface area contributed by atoms with E-state index in [0.29, 0.717) is 12.5 Å². The maximum Gasteiger partial charge on any atom is 0.224 e. The van der Waals surface area contributed by atoms with Gasteiger partial charge in [-0.1, -0.05) is 13.3 Å². The number of carbonyl (C=O) groups is 1. The van der Waals surface area contributed by atoms with Crippen LogP contribution in [0.4, 0.5) is 0 Å². The average Bonchev–Trinajstić information content (AvgIpc) is 2.55. The van der Waals surface area contributed by atoms with Crippen LogP contribution in [0.25, 0.3) is 0 Å². The Labute approximate surface area is 123 Å². The lowest BCUT2D eigenvalue weighted by Gasteiger charge is -2.26. The van der Waals surface area contributed by atoms with Crippen LogP contribution < -0.4 is 5.32 Å². The van der Waals surface area contributed by atoms with Crippen molar-refractivity contribution < 1.29 is 4.79 Å². The molecule has 0 radical (unpaired) electrons. The molecule has 1 saturated carbocycles. The third-order valence-corrected chi connectivity index (χ3v) is 5.12. The van der Waals surface area contributed by atoms with Gasteiger partial charge in [0.2, 0.25) is 5.91 Å². The molecule has 1 atom stereocenters. The van der Waals surface area contributed by atoms with E-state index in [1.807, 2.05) is 25.5 Å². The van der Waals surface area contributed by atoms with E-state index in [2.05, 4.69) is 26.3 Å². The molecule has 1 aliphatic carbocycles. The van der Waals surface area contributed by atoms with E-state index in [-0.39, 0.29) is 11.8 Å². The molecule has 5 heteroatoms. The Hall–Kier alpha value is -0.840. The van der Waals surface area contributed by atoms with Gasteiger partial charge >= 0.3 is 0 Å². The summed E-state index contributed by atoms with van der Waals surface area (Å²) in [7, 11) is 0. The fourth-order valence-electron chi connectivity index (χ4n) is 2.31. The number of rotatable bonds is 5. The molecule has 0 unspecified atom stereocenters. The summed E-state index contributed by atoms with van der Waals surface area (Å²) in [6.45, 7) is 7.41. The van der Waals surface area contributed by atoms with Crippen molar-refractivity contribution in [2.45, 2.75) is 46.6 Å². The van der Waals surface area contributed by atoms with Crippen LogP contribution in [-0.4, -0.2) is 22.2 Å². The maximum absolute atomic E-state index is 12.0. The lowest BCUT2D eigenvalue weighted by molar-refractivity contribution is -0.125. The highest BCUT2D eigenvalue weighted by Crippen LogP contribution is 2.25. The van der Waals surface area contributed by atoms with Gasteiger partial charge in [-0.2, -0.15) is 5.10 Å². The second kappa shape index (κ2) is 6.07. The van der Waals surface area contributed by atoms with E-state index >= 15 is 0 Å². The van der Waals surface area contributed by atoms with E-state index in [1.165, 1.54) is 19.3 Å². The Morgan fingerprint density at radius 1 is 1.53 bits per heavy atom. The summed E-state index contributed by atoms with van der Waals surface area (Å²) in [5.74, 6) is 0.791. The van der Waals surface area contributed by atoms with E-state index in [9.17, 15) is 4.79 Å². The molecule has 1 N–H and O–H groups in total. The normalized spacial score (nSPS) is 17.1. The predicted octanol–water partition coefficient (Wildman–Crippen LogP) is 2.81. The molecule has 4 nitrogen and oxygen atoms in total. The number of nitrogens with one attached hydrogen (secondary N) is 1. The summed E-state index contributed by atoms with van der Waals surface area (Å²) in [6, 6.07) is 0. The number of halogens is 1. The minimum atomic E-state index is -0.0509. The van der Waals surface area contributed by atoms with Crippen molar-refractivity contribution in [1.82, 2.24) is 15.1 Å². The largest absolute Gasteiger partial charge is 0.356 e. The fraction of sp³-hybridized carbons (Fsp3) is 0.714. The first-order valence-electron chi connectivity index (χ1n) is 6.96. The van der Waals surface area contributed by atoms with Gasteiger partial charge < -0.3 is 5.32 Å². The minimum Gasteiger partial charge on any atom is -0.356 e. The van der Waals surface area contributed by atoms with E-state index in [1.54, 1.807) is 0 Å². The van der Waals surface area contributed by atoms with Crippen LogP contribution in [0.15, 0.2) is 4.47 Å². The molecule has 1 aliphatic rings. The number of hydrogen-bond acceptors (Lipinski definition) is 2. The quantitative estimate of drug-likeness (QED) is 0.903. The monoisotopic (exact) mass is 327 g/mol. The summed E-state index contributed by atoms with van der Waals surface area (Å²) in [5.41, 5.74) is 2.05. The summed E-state index contributed by atoms with van der Waals surface area (Å²) in [5, 5.41) is 7.50. The first-order chi connectivity index (χ1) is 8.99. The topological polar surface area (TPSA) is 46.9 Å². The summed E-state index contributed by atoms with van der Waals surface area (Å²) >= 11 is 3.51. The van der Waals surface area contributed by atoms with Gasteiger partial charge in [0.05, 0.1) is 22.6 Å². The number of amides is 1. The SMILES string of the molecule is Cc1nn(C[C@@H](C)C(=O)NCC2CCC2)c(C)c1Br. The van der Waals surface area contributed by atoms with Crippen LogP contribution in [0.5, 0.6) is 0 Å². The van der Waals surface area contributed by atoms with Gasteiger partial charge in [0.1, 0.15) is 0 Å². The maximum atomic E-state index is 12.0. The molecule has 2 rings (SSSR count). The fourth-order valence-corrected chi connectivity index (χ4v) is 2.60. The third-order valence-electron chi connectivity index (χ3n) is 3.98. The van der Waals surface area contributed by atoms with E-state index in [0.717, 1.165) is 22.4 Å². The summed E-state index contributed by atoms with van der Waals surface area (Å²) in [6.07, 6.45) is 3.84. The first-order valence-corrected chi connectivity index (χ1v) is 7.75. The van der Waals surface area contributed by atoms with Gasteiger partial charge in [-0.25, -0.2) is 0 Å². The summed E-state index contributed by atoms with van der Waals surface area (Å²) in [4.78, 5) is 12.0. The number of aryl methyl sites for hydroxylation is 1. The lowest BCUT2D eigenvalue weighted by Crippen LogP contribution is -2.36.